The Morgan fingerprint density at radius 2 is 2.21 bits per heavy atom. The predicted octanol–water partition coefficient (Wildman–Crippen LogP) is 3.33. The van der Waals surface area contributed by atoms with Gasteiger partial charge in [0.15, 0.2) is 0 Å². The maximum Gasteiger partial charge on any atom is 0.119 e. The quantitative estimate of drug-likeness (QED) is 0.909. The number of hydrogen-bond donors (Lipinski definition) is 1. The van der Waals surface area contributed by atoms with Gasteiger partial charge in [-0.25, -0.2) is 4.98 Å². The van der Waals surface area contributed by atoms with E-state index in [-0.39, 0.29) is 6.04 Å². The zero-order valence-corrected chi connectivity index (χ0v) is 12.7. The highest BCUT2D eigenvalue weighted by Crippen LogP contribution is 2.29. The van der Waals surface area contributed by atoms with E-state index in [2.05, 4.69) is 31.3 Å². The third-order valence-electron chi connectivity index (χ3n) is 3.21. The van der Waals surface area contributed by atoms with Crippen LogP contribution in [0, 0.1) is 6.92 Å². The zero-order valence-electron chi connectivity index (χ0n) is 11.9. The van der Waals surface area contributed by atoms with Gasteiger partial charge in [0.05, 0.1) is 18.8 Å². The van der Waals surface area contributed by atoms with E-state index < -0.39 is 0 Å². The molecule has 0 amide bonds. The van der Waals surface area contributed by atoms with Crippen LogP contribution in [0.15, 0.2) is 24.3 Å². The molecule has 0 aliphatic heterocycles. The average Bonchev–Trinajstić information content (AvgIpc) is 2.81. The number of aryl methyl sites for hydroxylation is 2. The van der Waals surface area contributed by atoms with Crippen LogP contribution in [-0.4, -0.2) is 19.1 Å². The van der Waals surface area contributed by atoms with Crippen LogP contribution in [0.2, 0.25) is 0 Å². The van der Waals surface area contributed by atoms with Crippen molar-refractivity contribution in [3.63, 3.8) is 0 Å². The monoisotopic (exact) mass is 276 g/mol. The lowest BCUT2D eigenvalue weighted by Gasteiger charge is -2.14. The van der Waals surface area contributed by atoms with E-state index in [0.29, 0.717) is 0 Å². The molecular weight excluding hydrogens is 256 g/mol. The Hall–Kier alpha value is -1.39. The lowest BCUT2D eigenvalue weighted by Crippen LogP contribution is -2.17. The SMILES string of the molecule is CCc1nc(C(NC)c2cccc(OC)c2)sc1C. The Labute approximate surface area is 118 Å². The molecular formula is C15H20N2OS. The maximum atomic E-state index is 5.29. The topological polar surface area (TPSA) is 34.2 Å². The number of thiazole rings is 1. The molecule has 1 atom stereocenters. The van der Waals surface area contributed by atoms with E-state index in [0.717, 1.165) is 17.2 Å². The second-order valence-corrected chi connectivity index (χ2v) is 5.64. The van der Waals surface area contributed by atoms with Crippen molar-refractivity contribution in [3.8, 4) is 5.75 Å². The largest absolute Gasteiger partial charge is 0.497 e. The van der Waals surface area contributed by atoms with Crippen molar-refractivity contribution < 1.29 is 4.74 Å². The highest BCUT2D eigenvalue weighted by atomic mass is 32.1. The molecule has 19 heavy (non-hydrogen) atoms. The van der Waals surface area contributed by atoms with E-state index in [9.17, 15) is 0 Å². The molecule has 0 saturated carbocycles. The van der Waals surface area contributed by atoms with Gasteiger partial charge in [-0.05, 0) is 38.1 Å². The van der Waals surface area contributed by atoms with Gasteiger partial charge in [0.25, 0.3) is 0 Å². The van der Waals surface area contributed by atoms with Crippen LogP contribution in [0.4, 0.5) is 0 Å². The highest BCUT2D eigenvalue weighted by Gasteiger charge is 2.18. The molecule has 0 radical (unpaired) electrons. The van der Waals surface area contributed by atoms with Crippen molar-refractivity contribution in [2.24, 2.45) is 0 Å². The molecule has 0 bridgehead atoms. The van der Waals surface area contributed by atoms with Crippen molar-refractivity contribution in [3.05, 3.63) is 45.4 Å². The number of ether oxygens (including phenoxy) is 1. The molecule has 1 aromatic carbocycles. The number of nitrogens with zero attached hydrogens (tertiary/aromatic N) is 1. The molecule has 0 aliphatic carbocycles. The molecule has 0 fully saturated rings. The summed E-state index contributed by atoms with van der Waals surface area (Å²) in [6, 6.07) is 8.26. The summed E-state index contributed by atoms with van der Waals surface area (Å²) in [5.41, 5.74) is 2.38. The van der Waals surface area contributed by atoms with E-state index in [1.165, 1.54) is 16.1 Å². The maximum absolute atomic E-state index is 5.29. The van der Waals surface area contributed by atoms with Gasteiger partial charge in [-0.15, -0.1) is 11.3 Å². The second-order valence-electron chi connectivity index (χ2n) is 4.41. The first kappa shape index (κ1) is 14.0. The van der Waals surface area contributed by atoms with Gasteiger partial charge in [-0.1, -0.05) is 19.1 Å². The molecule has 2 aromatic rings. The first-order valence-electron chi connectivity index (χ1n) is 6.47. The van der Waals surface area contributed by atoms with Crippen LogP contribution in [0.25, 0.3) is 0 Å². The Morgan fingerprint density at radius 1 is 1.42 bits per heavy atom. The van der Waals surface area contributed by atoms with E-state index in [4.69, 9.17) is 9.72 Å². The molecule has 4 heteroatoms. The second kappa shape index (κ2) is 6.17. The number of hydrogen-bond acceptors (Lipinski definition) is 4. The van der Waals surface area contributed by atoms with Crippen molar-refractivity contribution in [2.75, 3.05) is 14.2 Å². The number of benzene rings is 1. The number of rotatable bonds is 5. The zero-order chi connectivity index (χ0) is 13.8. The average molecular weight is 276 g/mol. The van der Waals surface area contributed by atoms with Crippen LogP contribution in [0.3, 0.4) is 0 Å². The first-order valence-corrected chi connectivity index (χ1v) is 7.28. The van der Waals surface area contributed by atoms with Gasteiger partial charge >= 0.3 is 0 Å². The molecule has 0 saturated heterocycles. The Morgan fingerprint density at radius 3 is 2.79 bits per heavy atom. The molecule has 0 aliphatic rings. The predicted molar refractivity (Wildman–Crippen MR) is 80.1 cm³/mol. The lowest BCUT2D eigenvalue weighted by molar-refractivity contribution is 0.414. The smallest absolute Gasteiger partial charge is 0.119 e. The Bertz CT molecular complexity index is 551. The first-order chi connectivity index (χ1) is 9.19. The molecule has 2 rings (SSSR count). The van der Waals surface area contributed by atoms with Crippen LogP contribution in [-0.2, 0) is 6.42 Å². The third-order valence-corrected chi connectivity index (χ3v) is 4.28. The van der Waals surface area contributed by atoms with Gasteiger partial charge in [-0.2, -0.15) is 0 Å². The number of methoxy groups -OCH3 is 1. The van der Waals surface area contributed by atoms with Gasteiger partial charge < -0.3 is 10.1 Å². The fourth-order valence-electron chi connectivity index (χ4n) is 2.16. The van der Waals surface area contributed by atoms with Crippen LogP contribution in [0.1, 0.15) is 34.1 Å². The van der Waals surface area contributed by atoms with Crippen molar-refractivity contribution >= 4 is 11.3 Å². The molecule has 102 valence electrons. The summed E-state index contributed by atoms with van der Waals surface area (Å²) in [7, 11) is 3.66. The molecule has 1 N–H and O–H groups in total. The Kier molecular flexibility index (Phi) is 4.56. The van der Waals surface area contributed by atoms with E-state index in [1.54, 1.807) is 18.4 Å². The number of aromatic nitrogens is 1. The lowest BCUT2D eigenvalue weighted by atomic mass is 10.1. The van der Waals surface area contributed by atoms with Crippen molar-refractivity contribution in [1.29, 1.82) is 0 Å². The van der Waals surface area contributed by atoms with Crippen molar-refractivity contribution in [2.45, 2.75) is 26.3 Å². The molecule has 1 unspecified atom stereocenters. The highest BCUT2D eigenvalue weighted by molar-refractivity contribution is 7.11. The number of nitrogens with one attached hydrogen (secondary N) is 1. The van der Waals surface area contributed by atoms with Gasteiger partial charge in [0, 0.05) is 4.88 Å². The molecule has 1 aromatic heterocycles. The molecule has 1 heterocycles. The summed E-state index contributed by atoms with van der Waals surface area (Å²) in [4.78, 5) is 6.05. The fraction of sp³-hybridized carbons (Fsp3) is 0.400. The van der Waals surface area contributed by atoms with Crippen LogP contribution in [0.5, 0.6) is 5.75 Å². The minimum Gasteiger partial charge on any atom is -0.497 e. The minimum absolute atomic E-state index is 0.124. The third kappa shape index (κ3) is 2.96. The van der Waals surface area contributed by atoms with Crippen LogP contribution < -0.4 is 10.1 Å². The van der Waals surface area contributed by atoms with Gasteiger partial charge in [0.2, 0.25) is 0 Å². The normalized spacial score (nSPS) is 12.4. The molecule has 3 nitrogen and oxygen atoms in total. The Balaban J connectivity index is 2.37. The van der Waals surface area contributed by atoms with Crippen LogP contribution >= 0.6 is 11.3 Å². The van der Waals surface area contributed by atoms with Crippen molar-refractivity contribution in [1.82, 2.24) is 10.3 Å². The molecule has 0 spiro atoms. The van der Waals surface area contributed by atoms with E-state index in [1.807, 2.05) is 19.2 Å². The minimum atomic E-state index is 0.124. The summed E-state index contributed by atoms with van der Waals surface area (Å²) < 4.78 is 5.29. The van der Waals surface area contributed by atoms with Gasteiger partial charge in [-0.3, -0.25) is 0 Å². The summed E-state index contributed by atoms with van der Waals surface area (Å²) in [5.74, 6) is 0.877. The summed E-state index contributed by atoms with van der Waals surface area (Å²) >= 11 is 1.77. The summed E-state index contributed by atoms with van der Waals surface area (Å²) in [6.45, 7) is 4.28. The summed E-state index contributed by atoms with van der Waals surface area (Å²) in [5, 5.41) is 4.46. The summed E-state index contributed by atoms with van der Waals surface area (Å²) in [6.07, 6.45) is 0.983. The van der Waals surface area contributed by atoms with Gasteiger partial charge in [0.1, 0.15) is 10.8 Å². The standard InChI is InChI=1S/C15H20N2OS/c1-5-13-10(2)19-15(17-13)14(16-3)11-7-6-8-12(9-11)18-4/h6-9,14,16H,5H2,1-4H3. The van der Waals surface area contributed by atoms with E-state index >= 15 is 0 Å². The fourth-order valence-corrected chi connectivity index (χ4v) is 3.30.